The summed E-state index contributed by atoms with van der Waals surface area (Å²) in [4.78, 5) is 26.4. The van der Waals surface area contributed by atoms with E-state index in [-0.39, 0.29) is 18.4 Å². The number of rotatable bonds is 9. The first-order valence-corrected chi connectivity index (χ1v) is 15.4. The Morgan fingerprint density at radius 2 is 1.80 bits per heavy atom. The normalized spacial score (nSPS) is 20.4. The van der Waals surface area contributed by atoms with Gasteiger partial charge in [0.25, 0.3) is 0 Å². The average Bonchev–Trinajstić information content (AvgIpc) is 3.04. The lowest BCUT2D eigenvalue weighted by Crippen LogP contribution is -2.42. The van der Waals surface area contributed by atoms with Crippen molar-refractivity contribution in [3.8, 4) is 11.8 Å². The lowest BCUT2D eigenvalue weighted by atomic mass is 9.84. The Morgan fingerprint density at radius 1 is 1.07 bits per heavy atom. The van der Waals surface area contributed by atoms with Crippen LogP contribution in [0.1, 0.15) is 75.0 Å². The smallest absolute Gasteiger partial charge is 0.226 e. The van der Waals surface area contributed by atoms with E-state index in [1.807, 2.05) is 29.4 Å². The van der Waals surface area contributed by atoms with Gasteiger partial charge in [0.2, 0.25) is 11.9 Å². The molecule has 3 aliphatic rings. The third-order valence-corrected chi connectivity index (χ3v) is 9.17. The van der Waals surface area contributed by atoms with E-state index in [1.165, 1.54) is 5.57 Å². The summed E-state index contributed by atoms with van der Waals surface area (Å²) in [5.41, 5.74) is 3.97. The number of anilines is 1. The van der Waals surface area contributed by atoms with Crippen LogP contribution in [0.2, 0.25) is 0 Å². The van der Waals surface area contributed by atoms with Crippen molar-refractivity contribution in [1.82, 2.24) is 14.9 Å². The summed E-state index contributed by atoms with van der Waals surface area (Å²) >= 11 is 0. The first-order valence-electron chi connectivity index (χ1n) is 15.4. The summed E-state index contributed by atoms with van der Waals surface area (Å²) in [7, 11) is 0. The molecule has 0 spiro atoms. The van der Waals surface area contributed by atoms with Crippen LogP contribution in [-0.2, 0) is 11.2 Å². The minimum absolute atomic E-state index is 0.0415. The second-order valence-electron chi connectivity index (χ2n) is 11.8. The van der Waals surface area contributed by atoms with E-state index in [4.69, 9.17) is 4.74 Å². The molecule has 1 aromatic heterocycles. The zero-order chi connectivity index (χ0) is 28.6. The molecule has 8 nitrogen and oxygen atoms in total. The molecular weight excluding hydrogens is 514 g/mol. The number of benzene rings is 1. The quantitative estimate of drug-likeness (QED) is 0.462. The average molecular weight is 558 g/mol. The summed E-state index contributed by atoms with van der Waals surface area (Å²) < 4.78 is 6.16. The van der Waals surface area contributed by atoms with Gasteiger partial charge in [-0.3, -0.25) is 4.79 Å². The number of hydrogen-bond donors (Lipinski definition) is 1. The van der Waals surface area contributed by atoms with E-state index >= 15 is 0 Å². The maximum atomic E-state index is 13.1. The molecule has 2 saturated heterocycles. The van der Waals surface area contributed by atoms with Crippen molar-refractivity contribution in [2.24, 2.45) is 17.8 Å². The molecule has 1 N–H and O–H groups in total. The summed E-state index contributed by atoms with van der Waals surface area (Å²) in [5, 5.41) is 19.0. The third-order valence-electron chi connectivity index (χ3n) is 9.17. The van der Waals surface area contributed by atoms with Gasteiger partial charge in [-0.1, -0.05) is 19.1 Å². The lowest BCUT2D eigenvalue weighted by Gasteiger charge is -2.35. The molecule has 2 fully saturated rings. The number of carbonyl (C=O) groups excluding carboxylic acids is 1. The van der Waals surface area contributed by atoms with Crippen LogP contribution in [0.15, 0.2) is 36.7 Å². The summed E-state index contributed by atoms with van der Waals surface area (Å²) in [6.45, 7) is 6.37. The van der Waals surface area contributed by atoms with Gasteiger partial charge in [0.05, 0.1) is 12.2 Å². The minimum Gasteiger partial charge on any atom is -0.492 e. The largest absolute Gasteiger partial charge is 0.492 e. The van der Waals surface area contributed by atoms with E-state index in [0.29, 0.717) is 29.8 Å². The number of piperidine rings is 2. The van der Waals surface area contributed by atoms with Gasteiger partial charge in [-0.15, -0.1) is 0 Å². The van der Waals surface area contributed by atoms with Gasteiger partial charge in [-0.25, -0.2) is 9.97 Å². The Morgan fingerprint density at radius 3 is 2.44 bits per heavy atom. The fraction of sp³-hybridized carbons (Fsp3) is 0.576. The zero-order valence-electron chi connectivity index (χ0n) is 24.3. The van der Waals surface area contributed by atoms with Crippen LogP contribution in [0.25, 0.3) is 5.57 Å². The van der Waals surface area contributed by atoms with Crippen molar-refractivity contribution >= 4 is 17.4 Å². The molecular formula is C33H43N5O3. The van der Waals surface area contributed by atoms with Crippen molar-refractivity contribution in [3.63, 3.8) is 0 Å². The fourth-order valence-electron chi connectivity index (χ4n) is 6.35. The molecule has 1 atom stereocenters. The number of carbonyl (C=O) groups is 1. The van der Waals surface area contributed by atoms with Gasteiger partial charge in [0.15, 0.2) is 0 Å². The molecule has 2 aliphatic heterocycles. The third kappa shape index (κ3) is 7.26. The zero-order valence-corrected chi connectivity index (χ0v) is 24.3. The Balaban J connectivity index is 1.10. The van der Waals surface area contributed by atoms with Crippen molar-refractivity contribution < 1.29 is 14.6 Å². The number of allylic oxidation sites excluding steroid dienone is 2. The molecule has 0 bridgehead atoms. The Hall–Kier alpha value is -3.44. The number of nitriles is 1. The van der Waals surface area contributed by atoms with E-state index in [1.54, 1.807) is 0 Å². The summed E-state index contributed by atoms with van der Waals surface area (Å²) in [6.07, 6.45) is 14.2. The number of nitrogens with zero attached hydrogens (tertiary/aromatic N) is 5. The molecule has 41 heavy (non-hydrogen) atoms. The predicted octanol–water partition coefficient (Wildman–Crippen LogP) is 5.01. The minimum atomic E-state index is 0.0415. The van der Waals surface area contributed by atoms with Gasteiger partial charge in [-0.05, 0) is 98.5 Å². The predicted molar refractivity (Wildman–Crippen MR) is 159 cm³/mol. The number of ether oxygens (including phenoxy) is 1. The van der Waals surface area contributed by atoms with Crippen LogP contribution in [0.4, 0.5) is 5.95 Å². The topological polar surface area (TPSA) is 103 Å². The molecule has 1 aromatic carbocycles. The monoisotopic (exact) mass is 557 g/mol. The highest BCUT2D eigenvalue weighted by Gasteiger charge is 2.29. The van der Waals surface area contributed by atoms with Crippen LogP contribution in [0, 0.1) is 29.1 Å². The summed E-state index contributed by atoms with van der Waals surface area (Å²) in [5.74, 6) is 2.74. The molecule has 8 heteroatoms. The van der Waals surface area contributed by atoms with Gasteiger partial charge in [0, 0.05) is 51.1 Å². The van der Waals surface area contributed by atoms with Crippen LogP contribution in [-0.4, -0.2) is 65.3 Å². The maximum absolute atomic E-state index is 13.1. The first kappa shape index (κ1) is 29.1. The van der Waals surface area contributed by atoms with Gasteiger partial charge in [0.1, 0.15) is 11.8 Å². The highest BCUT2D eigenvalue weighted by Crippen LogP contribution is 2.34. The number of aryl methyl sites for hydroxylation is 1. The van der Waals surface area contributed by atoms with Crippen LogP contribution in [0.3, 0.4) is 0 Å². The molecule has 0 saturated carbocycles. The first-order chi connectivity index (χ1) is 20.1. The van der Waals surface area contributed by atoms with Gasteiger partial charge in [-0.2, -0.15) is 5.26 Å². The lowest BCUT2D eigenvalue weighted by molar-refractivity contribution is -0.137. The Bertz CT molecular complexity index is 1240. The number of aromatic nitrogens is 2. The Labute approximate surface area is 244 Å². The summed E-state index contributed by atoms with van der Waals surface area (Å²) in [6, 6.07) is 8.25. The van der Waals surface area contributed by atoms with Gasteiger partial charge < -0.3 is 19.6 Å². The highest BCUT2D eigenvalue weighted by molar-refractivity contribution is 5.81. The molecule has 1 amide bonds. The molecule has 1 aliphatic carbocycles. The second-order valence-corrected chi connectivity index (χ2v) is 11.8. The van der Waals surface area contributed by atoms with Crippen LogP contribution in [0.5, 0.6) is 5.75 Å². The standard InChI is InChI=1S/C33H43N5O3/c1-2-24-21-35-33(36-22-24)38-16-11-26(12-17-38)23-41-31-8-7-29(19-30(31)20-34)27-3-5-28(6-4-27)32(40)37-14-9-25(10-15-37)13-18-39/h3,7-8,19,21-22,25-26,28,39H,2,4-6,9-18,23H2,1H3. The second kappa shape index (κ2) is 14.0. The SMILES string of the molecule is CCc1cnc(N2CCC(COc3ccc(C4=CCC(C(=O)N5CCC(CCO)CC5)CC4)cc3C#N)CC2)nc1. The number of likely N-dealkylation sites (tertiary alicyclic amines) is 1. The maximum Gasteiger partial charge on any atom is 0.226 e. The van der Waals surface area contributed by atoms with E-state index in [0.717, 1.165) is 101 Å². The molecule has 3 heterocycles. The van der Waals surface area contributed by atoms with Crippen molar-refractivity contribution in [2.45, 2.75) is 64.7 Å². The highest BCUT2D eigenvalue weighted by atomic mass is 16.5. The van der Waals surface area contributed by atoms with Crippen LogP contribution >= 0.6 is 0 Å². The van der Waals surface area contributed by atoms with E-state index in [2.05, 4.69) is 40.0 Å². The molecule has 0 radical (unpaired) electrons. The number of hydrogen-bond acceptors (Lipinski definition) is 7. The van der Waals surface area contributed by atoms with Crippen LogP contribution < -0.4 is 9.64 Å². The number of aliphatic hydroxyl groups excluding tert-OH is 1. The number of aliphatic hydroxyl groups is 1. The van der Waals surface area contributed by atoms with Crippen molar-refractivity contribution in [3.05, 3.63) is 53.4 Å². The van der Waals surface area contributed by atoms with E-state index in [9.17, 15) is 15.2 Å². The van der Waals surface area contributed by atoms with E-state index < -0.39 is 0 Å². The number of amides is 1. The Kier molecular flexibility index (Phi) is 9.89. The van der Waals surface area contributed by atoms with Crippen molar-refractivity contribution in [1.29, 1.82) is 5.26 Å². The van der Waals surface area contributed by atoms with Crippen molar-refractivity contribution in [2.75, 3.05) is 44.3 Å². The molecule has 1 unspecified atom stereocenters. The molecule has 5 rings (SSSR count). The molecule has 218 valence electrons. The van der Waals surface area contributed by atoms with Gasteiger partial charge >= 0.3 is 0 Å². The fourth-order valence-corrected chi connectivity index (χ4v) is 6.35. The molecule has 2 aromatic rings.